The van der Waals surface area contributed by atoms with Crippen LogP contribution in [-0.4, -0.2) is 50.5 Å². The Labute approximate surface area is 123 Å². The molecule has 0 aliphatic rings. The molecular formula is C13H17NO6S. The Morgan fingerprint density at radius 2 is 1.95 bits per heavy atom. The van der Waals surface area contributed by atoms with E-state index in [1.165, 1.54) is 39.3 Å². The van der Waals surface area contributed by atoms with Crippen LogP contribution in [0, 0.1) is 6.92 Å². The number of hydrogen-bond donors (Lipinski definition) is 1. The van der Waals surface area contributed by atoms with Crippen molar-refractivity contribution in [3.63, 3.8) is 0 Å². The number of sulfonamides is 1. The van der Waals surface area contributed by atoms with E-state index in [1.807, 2.05) is 0 Å². The van der Waals surface area contributed by atoms with Crippen LogP contribution in [0.3, 0.4) is 0 Å². The zero-order valence-corrected chi connectivity index (χ0v) is 12.8. The van der Waals surface area contributed by atoms with Crippen LogP contribution >= 0.6 is 0 Å². The summed E-state index contributed by atoms with van der Waals surface area (Å²) in [7, 11) is -1.36. The van der Waals surface area contributed by atoms with Crippen molar-refractivity contribution in [3.05, 3.63) is 29.3 Å². The summed E-state index contributed by atoms with van der Waals surface area (Å²) >= 11 is 0. The molecule has 0 spiro atoms. The number of carbonyl (C=O) groups is 2. The quantitative estimate of drug-likeness (QED) is 0.782. The highest BCUT2D eigenvalue weighted by atomic mass is 32.2. The molecule has 0 aliphatic carbocycles. The summed E-state index contributed by atoms with van der Waals surface area (Å²) in [5, 5.41) is 8.62. The summed E-state index contributed by atoms with van der Waals surface area (Å²) in [5.74, 6) is -1.71. The van der Waals surface area contributed by atoms with Gasteiger partial charge < -0.3 is 9.84 Å². The first-order chi connectivity index (χ1) is 9.71. The molecule has 0 atom stereocenters. The third-order valence-corrected chi connectivity index (χ3v) is 5.02. The van der Waals surface area contributed by atoms with Crippen LogP contribution in [0.2, 0.25) is 0 Å². The molecule has 0 fully saturated rings. The number of carboxylic acid groups (broad SMARTS) is 1. The third kappa shape index (κ3) is 3.79. The van der Waals surface area contributed by atoms with Gasteiger partial charge in [0.05, 0.1) is 24.0 Å². The SMILES string of the molecule is COC(=O)c1cccc(S(=O)(=O)N(C)CCC(=O)O)c1C. The van der Waals surface area contributed by atoms with E-state index in [-0.39, 0.29) is 29.0 Å². The summed E-state index contributed by atoms with van der Waals surface area (Å²) in [5.41, 5.74) is 0.428. The molecule has 116 valence electrons. The summed E-state index contributed by atoms with van der Waals surface area (Å²) in [6, 6.07) is 4.28. The largest absolute Gasteiger partial charge is 0.481 e. The number of aliphatic carboxylic acids is 1. The molecule has 0 saturated heterocycles. The van der Waals surface area contributed by atoms with Crippen molar-refractivity contribution in [2.75, 3.05) is 20.7 Å². The summed E-state index contributed by atoms with van der Waals surface area (Å²) in [6.07, 6.45) is -0.300. The van der Waals surface area contributed by atoms with Crippen molar-refractivity contribution < 1.29 is 27.9 Å². The molecule has 0 bridgehead atoms. The second-order valence-corrected chi connectivity index (χ2v) is 6.40. The topological polar surface area (TPSA) is 101 Å². The molecule has 7 nitrogen and oxygen atoms in total. The summed E-state index contributed by atoms with van der Waals surface area (Å²) in [6.45, 7) is 1.35. The van der Waals surface area contributed by atoms with E-state index in [2.05, 4.69) is 4.74 Å². The lowest BCUT2D eigenvalue weighted by Gasteiger charge is -2.18. The van der Waals surface area contributed by atoms with E-state index >= 15 is 0 Å². The Balaban J connectivity index is 3.20. The van der Waals surface area contributed by atoms with Crippen LogP contribution in [0.4, 0.5) is 0 Å². The zero-order chi connectivity index (χ0) is 16.2. The Morgan fingerprint density at radius 3 is 2.48 bits per heavy atom. The normalized spacial score (nSPS) is 11.4. The monoisotopic (exact) mass is 315 g/mol. The molecule has 21 heavy (non-hydrogen) atoms. The molecule has 0 saturated carbocycles. The minimum atomic E-state index is -3.87. The number of carboxylic acids is 1. The van der Waals surface area contributed by atoms with E-state index in [0.29, 0.717) is 0 Å². The molecule has 0 amide bonds. The van der Waals surface area contributed by atoms with Crippen LogP contribution < -0.4 is 0 Å². The number of carbonyl (C=O) groups excluding carboxylic acids is 1. The van der Waals surface area contributed by atoms with E-state index in [0.717, 1.165) is 4.31 Å². The fourth-order valence-electron chi connectivity index (χ4n) is 1.77. The third-order valence-electron chi connectivity index (χ3n) is 3.02. The first kappa shape index (κ1) is 17.1. The number of ether oxygens (including phenoxy) is 1. The predicted molar refractivity (Wildman–Crippen MR) is 74.6 cm³/mol. The number of esters is 1. The molecule has 0 aromatic heterocycles. The molecule has 1 rings (SSSR count). The van der Waals surface area contributed by atoms with Crippen LogP contribution in [0.5, 0.6) is 0 Å². The zero-order valence-electron chi connectivity index (χ0n) is 12.0. The Bertz CT molecular complexity index is 653. The van der Waals surface area contributed by atoms with Crippen LogP contribution in [0.15, 0.2) is 23.1 Å². The maximum atomic E-state index is 12.4. The first-order valence-corrected chi connectivity index (χ1v) is 7.52. The molecule has 0 heterocycles. The fraction of sp³-hybridized carbons (Fsp3) is 0.385. The lowest BCUT2D eigenvalue weighted by molar-refractivity contribution is -0.137. The lowest BCUT2D eigenvalue weighted by atomic mass is 10.1. The van der Waals surface area contributed by atoms with E-state index in [1.54, 1.807) is 0 Å². The molecule has 1 aromatic rings. The predicted octanol–water partition coefficient (Wildman–Crippen LogP) is 0.877. The number of nitrogens with zero attached hydrogens (tertiary/aromatic N) is 1. The van der Waals surface area contributed by atoms with Gasteiger partial charge in [0, 0.05) is 13.6 Å². The molecule has 0 unspecified atom stereocenters. The maximum Gasteiger partial charge on any atom is 0.338 e. The van der Waals surface area contributed by atoms with Crippen molar-refractivity contribution in [1.82, 2.24) is 4.31 Å². The Morgan fingerprint density at radius 1 is 1.33 bits per heavy atom. The minimum Gasteiger partial charge on any atom is -0.481 e. The van der Waals surface area contributed by atoms with Crippen LogP contribution in [-0.2, 0) is 19.6 Å². The fourth-order valence-corrected chi connectivity index (χ4v) is 3.18. The van der Waals surface area contributed by atoms with Crippen molar-refractivity contribution in [2.45, 2.75) is 18.2 Å². The first-order valence-electron chi connectivity index (χ1n) is 6.08. The highest BCUT2D eigenvalue weighted by molar-refractivity contribution is 7.89. The molecule has 1 N–H and O–H groups in total. The van der Waals surface area contributed by atoms with Crippen molar-refractivity contribution >= 4 is 22.0 Å². The number of methoxy groups -OCH3 is 1. The van der Waals surface area contributed by atoms with Gasteiger partial charge in [0.1, 0.15) is 0 Å². The summed E-state index contributed by atoms with van der Waals surface area (Å²) < 4.78 is 30.4. The highest BCUT2D eigenvalue weighted by Gasteiger charge is 2.25. The summed E-state index contributed by atoms with van der Waals surface area (Å²) in [4.78, 5) is 22.1. The van der Waals surface area contributed by atoms with Gasteiger partial charge in [0.25, 0.3) is 0 Å². The average Bonchev–Trinajstić information content (AvgIpc) is 2.43. The van der Waals surface area contributed by atoms with Crippen LogP contribution in [0.25, 0.3) is 0 Å². The van der Waals surface area contributed by atoms with E-state index < -0.39 is 22.0 Å². The second-order valence-electron chi connectivity index (χ2n) is 4.39. The van der Waals surface area contributed by atoms with Gasteiger partial charge in [-0.2, -0.15) is 0 Å². The average molecular weight is 315 g/mol. The molecular weight excluding hydrogens is 298 g/mol. The molecule has 0 aliphatic heterocycles. The minimum absolute atomic E-state index is 0.0433. The van der Waals surface area contributed by atoms with Gasteiger partial charge in [-0.05, 0) is 24.6 Å². The van der Waals surface area contributed by atoms with Crippen molar-refractivity contribution in [3.8, 4) is 0 Å². The van der Waals surface area contributed by atoms with Crippen molar-refractivity contribution in [1.29, 1.82) is 0 Å². The number of benzene rings is 1. The molecule has 1 aromatic carbocycles. The van der Waals surface area contributed by atoms with Crippen molar-refractivity contribution in [2.24, 2.45) is 0 Å². The standard InChI is InChI=1S/C13H17NO6S/c1-9-10(13(17)20-3)5-4-6-11(9)21(18,19)14(2)8-7-12(15)16/h4-6H,7-8H2,1-3H3,(H,15,16). The van der Waals surface area contributed by atoms with Gasteiger partial charge in [-0.15, -0.1) is 0 Å². The van der Waals surface area contributed by atoms with Gasteiger partial charge in [0.15, 0.2) is 0 Å². The Kier molecular flexibility index (Phi) is 5.45. The number of hydrogen-bond acceptors (Lipinski definition) is 5. The second kappa shape index (κ2) is 6.68. The highest BCUT2D eigenvalue weighted by Crippen LogP contribution is 2.22. The van der Waals surface area contributed by atoms with Gasteiger partial charge >= 0.3 is 11.9 Å². The van der Waals surface area contributed by atoms with Crippen LogP contribution in [0.1, 0.15) is 22.3 Å². The Hall–Kier alpha value is -1.93. The lowest BCUT2D eigenvalue weighted by Crippen LogP contribution is -2.30. The molecule has 0 radical (unpaired) electrons. The maximum absolute atomic E-state index is 12.4. The van der Waals surface area contributed by atoms with Gasteiger partial charge in [-0.3, -0.25) is 4.79 Å². The van der Waals surface area contributed by atoms with E-state index in [9.17, 15) is 18.0 Å². The smallest absolute Gasteiger partial charge is 0.338 e. The van der Waals surface area contributed by atoms with Gasteiger partial charge in [-0.1, -0.05) is 6.07 Å². The van der Waals surface area contributed by atoms with E-state index in [4.69, 9.17) is 5.11 Å². The van der Waals surface area contributed by atoms with Gasteiger partial charge in [-0.25, -0.2) is 17.5 Å². The molecule has 8 heteroatoms. The number of rotatable bonds is 6. The van der Waals surface area contributed by atoms with Gasteiger partial charge in [0.2, 0.25) is 10.0 Å².